The van der Waals surface area contributed by atoms with Gasteiger partial charge in [-0.3, -0.25) is 0 Å². The summed E-state index contributed by atoms with van der Waals surface area (Å²) in [6.07, 6.45) is 10.1. The predicted octanol–water partition coefficient (Wildman–Crippen LogP) is 5.73. The molecule has 4 rings (SSSR count). The van der Waals surface area contributed by atoms with E-state index in [4.69, 9.17) is 9.47 Å². The van der Waals surface area contributed by atoms with Gasteiger partial charge in [0.2, 0.25) is 5.88 Å². The third-order valence-corrected chi connectivity index (χ3v) is 6.98. The second-order valence-corrected chi connectivity index (χ2v) is 9.74. The van der Waals surface area contributed by atoms with Crippen LogP contribution in [0.3, 0.4) is 0 Å². The summed E-state index contributed by atoms with van der Waals surface area (Å²) in [5.74, 6) is 1.55. The van der Waals surface area contributed by atoms with Gasteiger partial charge in [-0.05, 0) is 69.7 Å². The Balaban J connectivity index is 0.00000216. The number of hydrogen-bond donors (Lipinski definition) is 1. The van der Waals surface area contributed by atoms with Crippen molar-refractivity contribution in [2.24, 2.45) is 5.92 Å². The Bertz CT molecular complexity index is 878. The minimum atomic E-state index is -0.325. The third kappa shape index (κ3) is 8.49. The Kier molecular flexibility index (Phi) is 12.6. The fraction of sp³-hybridized carbons (Fsp3) is 0.630. The molecule has 1 aromatic carbocycles. The molecule has 2 fully saturated rings. The van der Waals surface area contributed by atoms with Crippen LogP contribution >= 0.6 is 24.8 Å². The number of benzene rings is 1. The minimum Gasteiger partial charge on any atom is -0.490 e. The van der Waals surface area contributed by atoms with Crippen LogP contribution < -0.4 is 9.47 Å². The molecule has 1 saturated heterocycles. The number of aliphatic hydroxyl groups is 1. The van der Waals surface area contributed by atoms with E-state index in [1.165, 1.54) is 19.3 Å². The summed E-state index contributed by atoms with van der Waals surface area (Å²) in [5.41, 5.74) is 3.18. The SMILES string of the molecule is CCCCc1nnc(OC[C@H]2CN(C)CC[C@@H]2O)cc1-c1ccc(OC2CCCCC2)cc1.Cl.Cl. The van der Waals surface area contributed by atoms with Gasteiger partial charge < -0.3 is 19.5 Å². The molecule has 2 aromatic rings. The molecule has 0 amide bonds. The molecule has 1 aromatic heterocycles. The van der Waals surface area contributed by atoms with Crippen molar-refractivity contribution < 1.29 is 14.6 Å². The van der Waals surface area contributed by atoms with Gasteiger partial charge in [0.1, 0.15) is 5.75 Å². The number of hydrogen-bond acceptors (Lipinski definition) is 6. The van der Waals surface area contributed by atoms with E-state index >= 15 is 0 Å². The monoisotopic (exact) mass is 525 g/mol. The lowest BCUT2D eigenvalue weighted by atomic mass is 9.96. The largest absolute Gasteiger partial charge is 0.490 e. The Hall–Kier alpha value is -1.60. The molecule has 0 unspecified atom stereocenters. The van der Waals surface area contributed by atoms with Crippen LogP contribution in [-0.2, 0) is 6.42 Å². The first-order valence-corrected chi connectivity index (χ1v) is 12.8. The zero-order valence-electron chi connectivity index (χ0n) is 21.0. The van der Waals surface area contributed by atoms with E-state index in [2.05, 4.69) is 53.3 Å². The Labute approximate surface area is 222 Å². The zero-order chi connectivity index (χ0) is 23.0. The maximum Gasteiger partial charge on any atom is 0.234 e. The van der Waals surface area contributed by atoms with Crippen molar-refractivity contribution in [3.63, 3.8) is 0 Å². The molecule has 2 atom stereocenters. The number of halogens is 2. The molecule has 35 heavy (non-hydrogen) atoms. The van der Waals surface area contributed by atoms with Gasteiger partial charge in [-0.2, -0.15) is 5.10 Å². The minimum absolute atomic E-state index is 0. The molecule has 0 radical (unpaired) electrons. The molecule has 1 aliphatic heterocycles. The van der Waals surface area contributed by atoms with Crippen LogP contribution in [0.15, 0.2) is 30.3 Å². The van der Waals surface area contributed by atoms with Crippen molar-refractivity contribution >= 4 is 24.8 Å². The lowest BCUT2D eigenvalue weighted by Gasteiger charge is -2.33. The van der Waals surface area contributed by atoms with Crippen LogP contribution in [0.2, 0.25) is 0 Å². The van der Waals surface area contributed by atoms with Gasteiger partial charge in [-0.1, -0.05) is 31.9 Å². The number of rotatable bonds is 9. The molecule has 6 nitrogen and oxygen atoms in total. The Morgan fingerprint density at radius 3 is 2.49 bits per heavy atom. The molecule has 196 valence electrons. The lowest BCUT2D eigenvalue weighted by Crippen LogP contribution is -2.43. The van der Waals surface area contributed by atoms with Crippen LogP contribution in [0.5, 0.6) is 11.6 Å². The highest BCUT2D eigenvalue weighted by molar-refractivity contribution is 5.85. The molecule has 1 N–H and O–H groups in total. The predicted molar refractivity (Wildman–Crippen MR) is 145 cm³/mol. The molecule has 8 heteroatoms. The second-order valence-electron chi connectivity index (χ2n) is 9.74. The Morgan fingerprint density at radius 1 is 1.03 bits per heavy atom. The maximum atomic E-state index is 10.3. The van der Waals surface area contributed by atoms with Crippen molar-refractivity contribution in [2.45, 2.75) is 76.9 Å². The van der Waals surface area contributed by atoms with Gasteiger partial charge in [0, 0.05) is 30.6 Å². The van der Waals surface area contributed by atoms with Crippen LogP contribution in [0, 0.1) is 5.92 Å². The first-order chi connectivity index (χ1) is 16.1. The van der Waals surface area contributed by atoms with Crippen LogP contribution in [0.1, 0.15) is 64.0 Å². The second kappa shape index (κ2) is 14.8. The molecule has 1 saturated carbocycles. The number of aliphatic hydroxyl groups excluding tert-OH is 1. The van der Waals surface area contributed by atoms with E-state index in [9.17, 15) is 5.11 Å². The normalized spacial score (nSPS) is 21.0. The quantitative estimate of drug-likeness (QED) is 0.450. The standard InChI is InChI=1S/C27H39N3O3.2ClH/c1-3-4-10-25-24(20-11-13-23(14-12-20)33-22-8-6-5-7-9-22)17-27(29-28-25)32-19-21-18-30(2)16-15-26(21)31;;/h11-14,17,21-22,26,31H,3-10,15-16,18-19H2,1-2H3;2*1H/t21-,26+;;/m1../s1. The molecular formula is C27H41Cl2N3O3. The third-order valence-electron chi connectivity index (χ3n) is 6.98. The summed E-state index contributed by atoms with van der Waals surface area (Å²) >= 11 is 0. The summed E-state index contributed by atoms with van der Waals surface area (Å²) in [5, 5.41) is 19.2. The van der Waals surface area contributed by atoms with E-state index in [1.54, 1.807) is 0 Å². The average Bonchev–Trinajstić information content (AvgIpc) is 2.85. The van der Waals surface area contributed by atoms with Gasteiger partial charge in [0.25, 0.3) is 0 Å². The van der Waals surface area contributed by atoms with Crippen molar-refractivity contribution in [1.29, 1.82) is 0 Å². The summed E-state index contributed by atoms with van der Waals surface area (Å²) in [7, 11) is 2.08. The summed E-state index contributed by atoms with van der Waals surface area (Å²) < 4.78 is 12.2. The highest BCUT2D eigenvalue weighted by Crippen LogP contribution is 2.30. The van der Waals surface area contributed by atoms with Crippen molar-refractivity contribution in [2.75, 3.05) is 26.7 Å². The first-order valence-electron chi connectivity index (χ1n) is 12.8. The topological polar surface area (TPSA) is 67.7 Å². The molecular weight excluding hydrogens is 485 g/mol. The van der Waals surface area contributed by atoms with Gasteiger partial charge in [-0.15, -0.1) is 29.9 Å². The zero-order valence-corrected chi connectivity index (χ0v) is 22.7. The van der Waals surface area contributed by atoms with Crippen LogP contribution in [-0.4, -0.2) is 59.2 Å². The van der Waals surface area contributed by atoms with E-state index in [0.717, 1.165) is 74.2 Å². The van der Waals surface area contributed by atoms with Crippen LogP contribution in [0.4, 0.5) is 0 Å². The molecule has 2 aliphatic rings. The van der Waals surface area contributed by atoms with Gasteiger partial charge in [0.05, 0.1) is 24.5 Å². The highest BCUT2D eigenvalue weighted by Gasteiger charge is 2.27. The molecule has 0 bridgehead atoms. The summed E-state index contributed by atoms with van der Waals surface area (Å²) in [6.45, 7) is 4.39. The fourth-order valence-electron chi connectivity index (χ4n) is 4.89. The number of aryl methyl sites for hydroxylation is 1. The van der Waals surface area contributed by atoms with Crippen molar-refractivity contribution in [3.8, 4) is 22.8 Å². The molecule has 0 spiro atoms. The van der Waals surface area contributed by atoms with E-state index < -0.39 is 0 Å². The lowest BCUT2D eigenvalue weighted by molar-refractivity contribution is 0.0127. The Morgan fingerprint density at radius 2 is 1.77 bits per heavy atom. The number of unbranched alkanes of at least 4 members (excludes halogenated alkanes) is 1. The number of likely N-dealkylation sites (tertiary alicyclic amines) is 1. The maximum absolute atomic E-state index is 10.3. The first kappa shape index (κ1) is 29.6. The van der Waals surface area contributed by atoms with E-state index in [1.807, 2.05) is 6.07 Å². The molecule has 1 aliphatic carbocycles. The highest BCUT2D eigenvalue weighted by atomic mass is 35.5. The molecule has 2 heterocycles. The smallest absolute Gasteiger partial charge is 0.234 e. The summed E-state index contributed by atoms with van der Waals surface area (Å²) in [4.78, 5) is 2.24. The number of aromatic nitrogens is 2. The fourth-order valence-corrected chi connectivity index (χ4v) is 4.89. The number of nitrogens with zero attached hydrogens (tertiary/aromatic N) is 3. The van der Waals surface area contributed by atoms with Gasteiger partial charge in [-0.25, -0.2) is 0 Å². The summed E-state index contributed by atoms with van der Waals surface area (Å²) in [6, 6.07) is 10.4. The van der Waals surface area contributed by atoms with Gasteiger partial charge >= 0.3 is 0 Å². The van der Waals surface area contributed by atoms with Crippen molar-refractivity contribution in [3.05, 3.63) is 36.0 Å². The number of ether oxygens (including phenoxy) is 2. The van der Waals surface area contributed by atoms with Gasteiger partial charge in [0.15, 0.2) is 0 Å². The average molecular weight is 527 g/mol. The van der Waals surface area contributed by atoms with Crippen molar-refractivity contribution in [1.82, 2.24) is 15.1 Å². The van der Waals surface area contributed by atoms with Crippen LogP contribution in [0.25, 0.3) is 11.1 Å². The van der Waals surface area contributed by atoms with E-state index in [-0.39, 0.29) is 36.8 Å². The number of piperidine rings is 1. The van der Waals surface area contributed by atoms with E-state index in [0.29, 0.717) is 18.6 Å².